The molecule has 0 bridgehead atoms. The van der Waals surface area contributed by atoms with E-state index < -0.39 is 10.0 Å². The van der Waals surface area contributed by atoms with Gasteiger partial charge in [0.15, 0.2) is 6.29 Å². The fourth-order valence-electron chi connectivity index (χ4n) is 2.80. The Balaban J connectivity index is 1.80. The number of aryl methyl sites for hydroxylation is 1. The second-order valence-electron chi connectivity index (χ2n) is 6.49. The monoisotopic (exact) mass is 367 g/mol. The molecule has 0 aliphatic heterocycles. The zero-order chi connectivity index (χ0) is 18.3. The lowest BCUT2D eigenvalue weighted by Crippen LogP contribution is -2.13. The van der Waals surface area contributed by atoms with E-state index >= 15 is 0 Å². The summed E-state index contributed by atoms with van der Waals surface area (Å²) >= 11 is 0. The van der Waals surface area contributed by atoms with Gasteiger partial charge in [-0.1, -0.05) is 17.7 Å². The Morgan fingerprint density at radius 2 is 1.85 bits per heavy atom. The van der Waals surface area contributed by atoms with Crippen LogP contribution in [0.25, 0.3) is 11.3 Å². The molecule has 0 atom stereocenters. The molecule has 2 aromatic heterocycles. The standard InChI is InChI=1S/C19H17N3O3S/c1-13-2-7-16(8-3-13)26(24,25)22-11-17(19(21-22)15-5-6-15)18-9-4-14(12-23)10-20-18/h2-4,7-12,15H,5-6H2,1H3. The van der Waals surface area contributed by atoms with Crippen molar-refractivity contribution in [2.75, 3.05) is 0 Å². The van der Waals surface area contributed by atoms with E-state index in [1.807, 2.05) is 6.92 Å². The number of aldehydes is 1. The summed E-state index contributed by atoms with van der Waals surface area (Å²) in [6, 6.07) is 10.1. The van der Waals surface area contributed by atoms with E-state index in [0.717, 1.165) is 34.5 Å². The predicted octanol–water partition coefficient (Wildman–Crippen LogP) is 3.18. The lowest BCUT2D eigenvalue weighted by molar-refractivity contribution is 0.112. The molecular weight excluding hydrogens is 350 g/mol. The number of aromatic nitrogens is 3. The van der Waals surface area contributed by atoms with Gasteiger partial charge < -0.3 is 0 Å². The molecule has 1 fully saturated rings. The van der Waals surface area contributed by atoms with Gasteiger partial charge in [0.1, 0.15) is 0 Å². The van der Waals surface area contributed by atoms with Gasteiger partial charge in [0.05, 0.1) is 22.5 Å². The summed E-state index contributed by atoms with van der Waals surface area (Å²) in [6.45, 7) is 1.91. The number of rotatable bonds is 5. The Labute approximate surface area is 151 Å². The fourth-order valence-corrected chi connectivity index (χ4v) is 3.93. The highest BCUT2D eigenvalue weighted by atomic mass is 32.2. The molecule has 7 heteroatoms. The first-order valence-corrected chi connectivity index (χ1v) is 9.76. The number of hydrogen-bond acceptors (Lipinski definition) is 5. The summed E-state index contributed by atoms with van der Waals surface area (Å²) in [7, 11) is -3.76. The van der Waals surface area contributed by atoms with Gasteiger partial charge in [-0.15, -0.1) is 0 Å². The smallest absolute Gasteiger partial charge is 0.282 e. The summed E-state index contributed by atoms with van der Waals surface area (Å²) < 4.78 is 26.9. The number of nitrogens with zero attached hydrogens (tertiary/aromatic N) is 3. The Morgan fingerprint density at radius 3 is 2.42 bits per heavy atom. The number of carbonyl (C=O) groups is 1. The molecule has 2 heterocycles. The first kappa shape index (κ1) is 16.7. The molecular formula is C19H17N3O3S. The Bertz CT molecular complexity index is 1060. The van der Waals surface area contributed by atoms with Gasteiger partial charge in [-0.25, -0.2) is 0 Å². The van der Waals surface area contributed by atoms with Crippen LogP contribution in [0.2, 0.25) is 0 Å². The molecule has 0 amide bonds. The van der Waals surface area contributed by atoms with Crippen LogP contribution in [0.4, 0.5) is 0 Å². The van der Waals surface area contributed by atoms with Crippen molar-refractivity contribution in [3.63, 3.8) is 0 Å². The first-order valence-electron chi connectivity index (χ1n) is 8.32. The van der Waals surface area contributed by atoms with Crippen LogP contribution in [0.5, 0.6) is 0 Å². The van der Waals surface area contributed by atoms with E-state index in [1.54, 1.807) is 36.4 Å². The third kappa shape index (κ3) is 2.94. The minimum atomic E-state index is -3.76. The van der Waals surface area contributed by atoms with Crippen molar-refractivity contribution in [3.05, 3.63) is 65.6 Å². The molecule has 1 aliphatic rings. The number of hydrogen-bond donors (Lipinski definition) is 0. The molecule has 0 N–H and O–H groups in total. The van der Waals surface area contributed by atoms with Crippen molar-refractivity contribution in [2.45, 2.75) is 30.6 Å². The van der Waals surface area contributed by atoms with E-state index in [0.29, 0.717) is 16.8 Å². The zero-order valence-electron chi connectivity index (χ0n) is 14.2. The minimum absolute atomic E-state index is 0.198. The predicted molar refractivity (Wildman–Crippen MR) is 96.6 cm³/mol. The van der Waals surface area contributed by atoms with Crippen molar-refractivity contribution in [1.82, 2.24) is 14.2 Å². The van der Waals surface area contributed by atoms with Crippen molar-refractivity contribution >= 4 is 16.3 Å². The molecule has 3 aromatic rings. The number of benzene rings is 1. The highest BCUT2D eigenvalue weighted by molar-refractivity contribution is 7.89. The summed E-state index contributed by atoms with van der Waals surface area (Å²) in [5, 5.41) is 4.38. The van der Waals surface area contributed by atoms with E-state index in [-0.39, 0.29) is 10.8 Å². The summed E-state index contributed by atoms with van der Waals surface area (Å²) in [4.78, 5) is 15.3. The topological polar surface area (TPSA) is 81.9 Å². The molecule has 6 nitrogen and oxygen atoms in total. The lowest BCUT2D eigenvalue weighted by atomic mass is 10.1. The molecule has 1 saturated carbocycles. The number of carbonyl (C=O) groups excluding carboxylic acids is 1. The summed E-state index contributed by atoms with van der Waals surface area (Å²) in [5.41, 5.74) is 3.51. The van der Waals surface area contributed by atoms with Gasteiger partial charge in [0.2, 0.25) is 0 Å². The Morgan fingerprint density at radius 1 is 1.12 bits per heavy atom. The normalized spacial score (nSPS) is 14.3. The second-order valence-corrected chi connectivity index (χ2v) is 8.28. The maximum atomic E-state index is 12.9. The fraction of sp³-hybridized carbons (Fsp3) is 0.211. The van der Waals surface area contributed by atoms with Gasteiger partial charge in [-0.2, -0.15) is 17.6 Å². The molecule has 0 spiro atoms. The molecule has 0 radical (unpaired) electrons. The van der Waals surface area contributed by atoms with Gasteiger partial charge >= 0.3 is 0 Å². The SMILES string of the molecule is Cc1ccc(S(=O)(=O)n2cc(-c3ccc(C=O)cn3)c(C3CC3)n2)cc1. The molecule has 0 unspecified atom stereocenters. The molecule has 1 aliphatic carbocycles. The maximum absolute atomic E-state index is 12.9. The summed E-state index contributed by atoms with van der Waals surface area (Å²) in [6.07, 6.45) is 5.70. The van der Waals surface area contributed by atoms with Crippen LogP contribution in [0.3, 0.4) is 0 Å². The first-order chi connectivity index (χ1) is 12.5. The molecule has 132 valence electrons. The summed E-state index contributed by atoms with van der Waals surface area (Å²) in [5.74, 6) is 0.256. The third-order valence-electron chi connectivity index (χ3n) is 4.45. The molecule has 4 rings (SSSR count). The largest absolute Gasteiger partial charge is 0.298 e. The van der Waals surface area contributed by atoms with Crippen LogP contribution in [0, 0.1) is 6.92 Å². The average Bonchev–Trinajstić information content (AvgIpc) is 3.40. The van der Waals surface area contributed by atoms with Crippen LogP contribution < -0.4 is 0 Å². The molecule has 1 aromatic carbocycles. The van der Waals surface area contributed by atoms with E-state index in [9.17, 15) is 13.2 Å². The molecule has 26 heavy (non-hydrogen) atoms. The Kier molecular flexibility index (Phi) is 3.96. The maximum Gasteiger partial charge on any atom is 0.282 e. The zero-order valence-corrected chi connectivity index (χ0v) is 15.0. The van der Waals surface area contributed by atoms with Crippen LogP contribution >= 0.6 is 0 Å². The Hall–Kier alpha value is -2.80. The van der Waals surface area contributed by atoms with Gasteiger partial charge in [0.25, 0.3) is 10.0 Å². The van der Waals surface area contributed by atoms with Crippen molar-refractivity contribution in [3.8, 4) is 11.3 Å². The van der Waals surface area contributed by atoms with E-state index in [1.165, 1.54) is 12.4 Å². The van der Waals surface area contributed by atoms with Crippen LogP contribution in [0.1, 0.15) is 40.4 Å². The van der Waals surface area contributed by atoms with Crippen LogP contribution in [-0.4, -0.2) is 28.9 Å². The highest BCUT2D eigenvalue weighted by Crippen LogP contribution is 2.43. The van der Waals surface area contributed by atoms with Crippen molar-refractivity contribution < 1.29 is 13.2 Å². The van der Waals surface area contributed by atoms with E-state index in [4.69, 9.17) is 0 Å². The minimum Gasteiger partial charge on any atom is -0.298 e. The number of pyridine rings is 1. The van der Waals surface area contributed by atoms with Crippen LogP contribution in [0.15, 0.2) is 53.7 Å². The lowest BCUT2D eigenvalue weighted by Gasteiger charge is -2.04. The average molecular weight is 367 g/mol. The van der Waals surface area contributed by atoms with Gasteiger partial charge in [0, 0.05) is 23.2 Å². The highest BCUT2D eigenvalue weighted by Gasteiger charge is 2.32. The molecule has 0 saturated heterocycles. The van der Waals surface area contributed by atoms with Crippen molar-refractivity contribution in [2.24, 2.45) is 0 Å². The van der Waals surface area contributed by atoms with Crippen molar-refractivity contribution in [1.29, 1.82) is 0 Å². The quantitative estimate of drug-likeness (QED) is 0.647. The van der Waals surface area contributed by atoms with Crippen LogP contribution in [-0.2, 0) is 10.0 Å². The van der Waals surface area contributed by atoms with Gasteiger partial charge in [-0.3, -0.25) is 9.78 Å². The van der Waals surface area contributed by atoms with E-state index in [2.05, 4.69) is 10.1 Å². The van der Waals surface area contributed by atoms with Gasteiger partial charge in [-0.05, 0) is 44.0 Å². The third-order valence-corrected chi connectivity index (χ3v) is 6.00. The second kappa shape index (κ2) is 6.17.